The minimum absolute atomic E-state index is 0. The van der Waals surface area contributed by atoms with Crippen LogP contribution in [0.3, 0.4) is 0 Å². The zero-order chi connectivity index (χ0) is 17.7. The molecule has 0 N–H and O–H groups in total. The van der Waals surface area contributed by atoms with E-state index in [-0.39, 0.29) is 21.0 Å². The van der Waals surface area contributed by atoms with E-state index in [0.29, 0.717) is 59.5 Å². The van der Waals surface area contributed by atoms with E-state index in [1.807, 2.05) is 6.92 Å². The minimum Gasteiger partial charge on any atom is -0.377 e. The summed E-state index contributed by atoms with van der Waals surface area (Å²) in [5, 5.41) is 0. The molecule has 0 radical (unpaired) electrons. The lowest BCUT2D eigenvalue weighted by Gasteiger charge is -2.43. The predicted molar refractivity (Wildman–Crippen MR) is 110 cm³/mol. The Balaban J connectivity index is 0.000000523. The zero-order valence-corrected chi connectivity index (χ0v) is 16.1. The average Bonchev–Trinajstić information content (AvgIpc) is 2.64. The highest BCUT2D eigenvalue weighted by atomic mass is 16.6. The molecular formula is C21H45NO5. The van der Waals surface area contributed by atoms with E-state index in [9.17, 15) is 0 Å². The molecule has 2 unspecified atom stereocenters. The fourth-order valence-electron chi connectivity index (χ4n) is 3.53. The number of piperidine rings is 3. The van der Waals surface area contributed by atoms with Crippen molar-refractivity contribution in [3.63, 3.8) is 0 Å². The third-order valence-corrected chi connectivity index (χ3v) is 5.08. The lowest BCUT2D eigenvalue weighted by Crippen LogP contribution is -2.46. The van der Waals surface area contributed by atoms with Gasteiger partial charge < -0.3 is 28.6 Å². The summed E-state index contributed by atoms with van der Waals surface area (Å²) in [6.07, 6.45) is 3.05. The van der Waals surface area contributed by atoms with Crippen LogP contribution in [-0.2, 0) is 23.7 Å². The maximum atomic E-state index is 5.49. The SMILES string of the molecule is C.C.CC1CN2CCC1CC2.CC1COCCOCCOCCOCCO1. The van der Waals surface area contributed by atoms with Crippen molar-refractivity contribution in [3.05, 3.63) is 0 Å². The van der Waals surface area contributed by atoms with Gasteiger partial charge in [-0.05, 0) is 44.7 Å². The summed E-state index contributed by atoms with van der Waals surface area (Å²) in [7, 11) is 0. The molecule has 0 aromatic rings. The molecule has 0 amide bonds. The highest BCUT2D eigenvalue weighted by molar-refractivity contribution is 4.83. The summed E-state index contributed by atoms with van der Waals surface area (Å²) in [6.45, 7) is 14.0. The van der Waals surface area contributed by atoms with Crippen LogP contribution in [0.2, 0.25) is 0 Å². The summed E-state index contributed by atoms with van der Waals surface area (Å²) in [4.78, 5) is 2.60. The largest absolute Gasteiger partial charge is 0.377 e. The van der Waals surface area contributed by atoms with Crippen molar-refractivity contribution >= 4 is 0 Å². The zero-order valence-electron chi connectivity index (χ0n) is 16.1. The van der Waals surface area contributed by atoms with Gasteiger partial charge in [-0.3, -0.25) is 0 Å². The molecule has 2 atom stereocenters. The van der Waals surface area contributed by atoms with Crippen LogP contribution in [0.5, 0.6) is 0 Å². The number of hydrogen-bond donors (Lipinski definition) is 0. The van der Waals surface area contributed by atoms with E-state index in [2.05, 4.69) is 11.8 Å². The second kappa shape index (κ2) is 16.7. The highest BCUT2D eigenvalue weighted by Gasteiger charge is 2.30. The Morgan fingerprint density at radius 1 is 0.667 bits per heavy atom. The highest BCUT2D eigenvalue weighted by Crippen LogP contribution is 2.31. The van der Waals surface area contributed by atoms with Crippen LogP contribution in [0.4, 0.5) is 0 Å². The molecule has 6 nitrogen and oxygen atoms in total. The van der Waals surface area contributed by atoms with Crippen LogP contribution < -0.4 is 0 Å². The van der Waals surface area contributed by atoms with Crippen LogP contribution in [0, 0.1) is 11.8 Å². The fraction of sp³-hybridized carbons (Fsp3) is 1.00. The predicted octanol–water partition coefficient (Wildman–Crippen LogP) is 3.09. The first-order chi connectivity index (χ1) is 12.3. The second-order valence-electron chi connectivity index (χ2n) is 7.21. The molecule has 4 heterocycles. The average molecular weight is 392 g/mol. The van der Waals surface area contributed by atoms with E-state index < -0.39 is 0 Å². The van der Waals surface area contributed by atoms with Gasteiger partial charge in [-0.25, -0.2) is 0 Å². The monoisotopic (exact) mass is 391 g/mol. The lowest BCUT2D eigenvalue weighted by atomic mass is 9.80. The van der Waals surface area contributed by atoms with Crippen LogP contribution in [-0.4, -0.2) is 90.1 Å². The smallest absolute Gasteiger partial charge is 0.0781 e. The van der Waals surface area contributed by atoms with Gasteiger partial charge in [0, 0.05) is 6.54 Å². The molecule has 0 saturated carbocycles. The van der Waals surface area contributed by atoms with Crippen molar-refractivity contribution in [1.29, 1.82) is 0 Å². The van der Waals surface area contributed by atoms with Gasteiger partial charge in [-0.1, -0.05) is 21.8 Å². The Bertz CT molecular complexity index is 308. The van der Waals surface area contributed by atoms with Gasteiger partial charge in [0.1, 0.15) is 0 Å². The molecule has 6 heteroatoms. The quantitative estimate of drug-likeness (QED) is 0.632. The number of hydrogen-bond acceptors (Lipinski definition) is 6. The number of fused-ring (bicyclic) bond motifs is 3. The molecule has 0 aliphatic carbocycles. The molecule has 4 saturated heterocycles. The maximum Gasteiger partial charge on any atom is 0.0781 e. The van der Waals surface area contributed by atoms with E-state index in [1.165, 1.54) is 32.5 Å². The summed E-state index contributed by atoms with van der Waals surface area (Å²) in [5.74, 6) is 2.07. The van der Waals surface area contributed by atoms with E-state index in [4.69, 9.17) is 23.7 Å². The summed E-state index contributed by atoms with van der Waals surface area (Å²) < 4.78 is 26.8. The van der Waals surface area contributed by atoms with Crippen LogP contribution in [0.15, 0.2) is 0 Å². The molecule has 0 aromatic heterocycles. The first-order valence-electron chi connectivity index (χ1n) is 9.90. The normalized spacial score (nSPS) is 33.1. The van der Waals surface area contributed by atoms with Gasteiger partial charge in [0.2, 0.25) is 0 Å². The Hall–Kier alpha value is -0.240. The maximum absolute atomic E-state index is 5.49. The molecule has 0 spiro atoms. The third kappa shape index (κ3) is 12.0. The van der Waals surface area contributed by atoms with Crippen molar-refractivity contribution in [2.45, 2.75) is 47.6 Å². The molecule has 4 fully saturated rings. The Morgan fingerprint density at radius 3 is 1.56 bits per heavy atom. The topological polar surface area (TPSA) is 49.4 Å². The van der Waals surface area contributed by atoms with E-state index in [1.54, 1.807) is 0 Å². The molecule has 4 aliphatic heterocycles. The molecule has 27 heavy (non-hydrogen) atoms. The van der Waals surface area contributed by atoms with E-state index >= 15 is 0 Å². The molecular weight excluding hydrogens is 346 g/mol. The van der Waals surface area contributed by atoms with Gasteiger partial charge in [0.15, 0.2) is 0 Å². The molecule has 4 rings (SSSR count). The number of rotatable bonds is 0. The van der Waals surface area contributed by atoms with E-state index in [0.717, 1.165) is 11.8 Å². The van der Waals surface area contributed by atoms with Gasteiger partial charge in [-0.2, -0.15) is 0 Å². The van der Waals surface area contributed by atoms with Crippen LogP contribution in [0.25, 0.3) is 0 Å². The Labute approximate surface area is 167 Å². The standard InChI is InChI=1S/C11H22O5.C8H15N.2CH4/c1-11-10-15-7-6-13-3-2-12-4-5-14-8-9-16-11;1-7-6-9-4-2-8(7)3-5-9;;/h11H,2-10H2,1H3;7-8H,2-6H2,1H3;2*1H4. The summed E-state index contributed by atoms with van der Waals surface area (Å²) in [5.41, 5.74) is 0. The van der Waals surface area contributed by atoms with Crippen molar-refractivity contribution in [1.82, 2.24) is 4.90 Å². The van der Waals surface area contributed by atoms with Crippen molar-refractivity contribution in [3.8, 4) is 0 Å². The molecule has 4 aliphatic rings. The number of nitrogens with zero attached hydrogens (tertiary/aromatic N) is 1. The van der Waals surface area contributed by atoms with Crippen molar-refractivity contribution < 1.29 is 23.7 Å². The number of ether oxygens (including phenoxy) is 5. The van der Waals surface area contributed by atoms with Gasteiger partial charge in [0.25, 0.3) is 0 Å². The summed E-state index contributed by atoms with van der Waals surface area (Å²) in [6, 6.07) is 0. The third-order valence-electron chi connectivity index (χ3n) is 5.08. The first kappa shape index (κ1) is 26.8. The fourth-order valence-corrected chi connectivity index (χ4v) is 3.53. The second-order valence-corrected chi connectivity index (χ2v) is 7.21. The Kier molecular flexibility index (Phi) is 16.5. The lowest BCUT2D eigenvalue weighted by molar-refractivity contribution is -0.0378. The molecule has 164 valence electrons. The molecule has 0 aromatic carbocycles. The van der Waals surface area contributed by atoms with Crippen molar-refractivity contribution in [2.75, 3.05) is 79.1 Å². The minimum atomic E-state index is 0. The van der Waals surface area contributed by atoms with Gasteiger partial charge >= 0.3 is 0 Å². The summed E-state index contributed by atoms with van der Waals surface area (Å²) >= 11 is 0. The van der Waals surface area contributed by atoms with Gasteiger partial charge in [-0.15, -0.1) is 0 Å². The molecule has 2 bridgehead atoms. The van der Waals surface area contributed by atoms with Crippen LogP contribution >= 0.6 is 0 Å². The van der Waals surface area contributed by atoms with Crippen LogP contribution in [0.1, 0.15) is 41.5 Å². The van der Waals surface area contributed by atoms with Crippen molar-refractivity contribution in [2.24, 2.45) is 11.8 Å². The van der Waals surface area contributed by atoms with Gasteiger partial charge in [0.05, 0.1) is 65.6 Å². The Morgan fingerprint density at radius 2 is 1.15 bits per heavy atom. The first-order valence-corrected chi connectivity index (χ1v) is 9.90.